The maximum Gasteiger partial charge on any atom is 0.259 e. The van der Waals surface area contributed by atoms with Crippen LogP contribution < -0.4 is 4.72 Å². The van der Waals surface area contributed by atoms with Gasteiger partial charge in [-0.1, -0.05) is 18.2 Å². The number of nitrogens with one attached hydrogen (secondary N) is 1. The monoisotopic (exact) mass is 379 g/mol. The van der Waals surface area contributed by atoms with Crippen molar-refractivity contribution in [1.29, 1.82) is 0 Å². The Morgan fingerprint density at radius 1 is 1.36 bits per heavy atom. The Hall–Kier alpha value is -1.74. The largest absolute Gasteiger partial charge is 0.383 e. The molecule has 2 heterocycles. The van der Waals surface area contributed by atoms with Crippen molar-refractivity contribution in [2.75, 3.05) is 6.54 Å². The molecule has 0 aliphatic rings. The predicted molar refractivity (Wildman–Crippen MR) is 99.2 cm³/mol. The molecule has 0 saturated carbocycles. The van der Waals surface area contributed by atoms with E-state index in [1.54, 1.807) is 11.5 Å². The Balaban J connectivity index is 1.78. The van der Waals surface area contributed by atoms with E-state index < -0.39 is 15.6 Å². The first kappa shape index (κ1) is 18.1. The Morgan fingerprint density at radius 2 is 2.08 bits per heavy atom. The highest BCUT2D eigenvalue weighted by Gasteiger charge is 2.29. The van der Waals surface area contributed by atoms with Crippen LogP contribution in [0, 0.1) is 0 Å². The summed E-state index contributed by atoms with van der Waals surface area (Å²) in [5.74, 6) is 0. The van der Waals surface area contributed by atoms with E-state index in [1.807, 2.05) is 44.2 Å². The van der Waals surface area contributed by atoms with E-state index in [0.29, 0.717) is 4.88 Å². The SMILES string of the molecule is CC(C)n1cnc(S(=O)(=O)NC[C@](C)(O)c2cc3ccccc3s2)c1. The van der Waals surface area contributed by atoms with E-state index in [9.17, 15) is 13.5 Å². The first-order valence-corrected chi connectivity index (χ1v) is 10.2. The summed E-state index contributed by atoms with van der Waals surface area (Å²) in [6.07, 6.45) is 2.98. The molecule has 0 fully saturated rings. The Kier molecular flexibility index (Phi) is 4.72. The van der Waals surface area contributed by atoms with Crippen molar-refractivity contribution in [3.63, 3.8) is 0 Å². The van der Waals surface area contributed by atoms with Crippen molar-refractivity contribution >= 4 is 31.4 Å². The van der Waals surface area contributed by atoms with Crippen LogP contribution in [-0.4, -0.2) is 29.6 Å². The fourth-order valence-electron chi connectivity index (χ4n) is 2.38. The van der Waals surface area contributed by atoms with Crippen LogP contribution in [0.3, 0.4) is 0 Å². The molecule has 6 nitrogen and oxygen atoms in total. The van der Waals surface area contributed by atoms with Crippen molar-refractivity contribution in [3.8, 4) is 0 Å². The molecule has 2 N–H and O–H groups in total. The van der Waals surface area contributed by atoms with Gasteiger partial charge in [-0.15, -0.1) is 11.3 Å². The van der Waals surface area contributed by atoms with Crippen LogP contribution in [-0.2, 0) is 15.6 Å². The summed E-state index contributed by atoms with van der Waals surface area (Å²) in [6, 6.07) is 9.82. The number of hydrogen-bond acceptors (Lipinski definition) is 5. The van der Waals surface area contributed by atoms with Gasteiger partial charge in [0.25, 0.3) is 10.0 Å². The maximum absolute atomic E-state index is 12.4. The molecule has 25 heavy (non-hydrogen) atoms. The highest BCUT2D eigenvalue weighted by Crippen LogP contribution is 2.33. The summed E-state index contributed by atoms with van der Waals surface area (Å²) < 4.78 is 30.1. The van der Waals surface area contributed by atoms with Crippen LogP contribution in [0.4, 0.5) is 0 Å². The average molecular weight is 380 g/mol. The quantitative estimate of drug-likeness (QED) is 0.690. The summed E-state index contributed by atoms with van der Waals surface area (Å²) in [6.45, 7) is 5.36. The van der Waals surface area contributed by atoms with E-state index in [-0.39, 0.29) is 17.6 Å². The number of hydrogen-bond donors (Lipinski definition) is 2. The van der Waals surface area contributed by atoms with Crippen molar-refractivity contribution in [1.82, 2.24) is 14.3 Å². The number of fused-ring (bicyclic) bond motifs is 1. The number of imidazole rings is 1. The lowest BCUT2D eigenvalue weighted by atomic mass is 10.1. The van der Waals surface area contributed by atoms with Crippen LogP contribution in [0.1, 0.15) is 31.7 Å². The Bertz CT molecular complexity index is 954. The lowest BCUT2D eigenvalue weighted by Crippen LogP contribution is -2.38. The molecule has 8 heteroatoms. The zero-order valence-electron chi connectivity index (χ0n) is 14.3. The molecule has 0 bridgehead atoms. The number of aromatic nitrogens is 2. The first-order chi connectivity index (χ1) is 11.7. The molecule has 1 atom stereocenters. The minimum Gasteiger partial charge on any atom is -0.383 e. The smallest absolute Gasteiger partial charge is 0.259 e. The zero-order valence-corrected chi connectivity index (χ0v) is 15.9. The third-order valence-corrected chi connectivity index (χ3v) is 6.67. The molecule has 0 saturated heterocycles. The second-order valence-corrected chi connectivity index (χ2v) is 9.30. The van der Waals surface area contributed by atoms with Crippen LogP contribution >= 0.6 is 11.3 Å². The van der Waals surface area contributed by atoms with Crippen molar-refractivity contribution in [2.24, 2.45) is 0 Å². The summed E-state index contributed by atoms with van der Waals surface area (Å²) >= 11 is 1.45. The molecule has 0 radical (unpaired) electrons. The fourth-order valence-corrected chi connectivity index (χ4v) is 4.55. The highest BCUT2D eigenvalue weighted by atomic mass is 32.2. The van der Waals surface area contributed by atoms with Crippen molar-refractivity contribution in [2.45, 2.75) is 37.4 Å². The molecule has 0 spiro atoms. The standard InChI is InChI=1S/C17H21N3O3S2/c1-12(2)20-9-16(18-11-20)25(22,23)19-10-17(3,21)15-8-13-6-4-5-7-14(13)24-15/h4-9,11-12,19,21H,10H2,1-3H3/t17-/m0/s1. The molecule has 0 aliphatic heterocycles. The van der Waals surface area contributed by atoms with Gasteiger partial charge in [0, 0.05) is 28.4 Å². The van der Waals surface area contributed by atoms with Gasteiger partial charge in [-0.25, -0.2) is 18.1 Å². The molecule has 2 aromatic heterocycles. The third-order valence-electron chi connectivity index (χ3n) is 4.01. The van der Waals surface area contributed by atoms with Crippen molar-refractivity contribution in [3.05, 3.63) is 47.7 Å². The molecular weight excluding hydrogens is 358 g/mol. The van der Waals surface area contributed by atoms with E-state index in [1.165, 1.54) is 23.9 Å². The summed E-state index contributed by atoms with van der Waals surface area (Å²) in [5, 5.41) is 11.7. The topological polar surface area (TPSA) is 84.2 Å². The zero-order chi connectivity index (χ0) is 18.2. The summed E-state index contributed by atoms with van der Waals surface area (Å²) in [4.78, 5) is 4.66. The molecule has 0 unspecified atom stereocenters. The van der Waals surface area contributed by atoms with Gasteiger partial charge in [0.05, 0.1) is 6.33 Å². The molecular formula is C17H21N3O3S2. The van der Waals surface area contributed by atoms with Gasteiger partial charge >= 0.3 is 0 Å². The summed E-state index contributed by atoms with van der Waals surface area (Å²) in [7, 11) is -3.78. The molecule has 0 aliphatic carbocycles. The van der Waals surface area contributed by atoms with Crippen LogP contribution in [0.25, 0.3) is 10.1 Å². The average Bonchev–Trinajstić information content (AvgIpc) is 3.20. The first-order valence-electron chi connectivity index (χ1n) is 7.94. The minimum absolute atomic E-state index is 0.0478. The van der Waals surface area contributed by atoms with E-state index >= 15 is 0 Å². The second-order valence-electron chi connectivity index (χ2n) is 6.50. The minimum atomic E-state index is -3.78. The van der Waals surface area contributed by atoms with Gasteiger partial charge in [-0.2, -0.15) is 0 Å². The van der Waals surface area contributed by atoms with E-state index in [0.717, 1.165) is 10.1 Å². The highest BCUT2D eigenvalue weighted by molar-refractivity contribution is 7.89. The molecule has 134 valence electrons. The third kappa shape index (κ3) is 3.77. The van der Waals surface area contributed by atoms with Gasteiger partial charge in [0.1, 0.15) is 5.60 Å². The number of thiophene rings is 1. The number of rotatable bonds is 6. The van der Waals surface area contributed by atoms with Crippen LogP contribution in [0.15, 0.2) is 47.9 Å². The number of benzene rings is 1. The Labute approximate surface area is 151 Å². The number of aliphatic hydroxyl groups is 1. The normalized spacial score (nSPS) is 14.9. The Morgan fingerprint density at radius 3 is 2.72 bits per heavy atom. The molecule has 0 amide bonds. The lowest BCUT2D eigenvalue weighted by molar-refractivity contribution is 0.0666. The number of sulfonamides is 1. The number of nitrogens with zero attached hydrogens (tertiary/aromatic N) is 2. The van der Waals surface area contributed by atoms with E-state index in [4.69, 9.17) is 0 Å². The van der Waals surface area contributed by atoms with Gasteiger partial charge < -0.3 is 9.67 Å². The van der Waals surface area contributed by atoms with Crippen molar-refractivity contribution < 1.29 is 13.5 Å². The van der Waals surface area contributed by atoms with Crippen LogP contribution in [0.5, 0.6) is 0 Å². The van der Waals surface area contributed by atoms with Gasteiger partial charge in [-0.3, -0.25) is 0 Å². The van der Waals surface area contributed by atoms with Gasteiger partial charge in [-0.05, 0) is 38.3 Å². The van der Waals surface area contributed by atoms with E-state index in [2.05, 4.69) is 9.71 Å². The van der Waals surface area contributed by atoms with Gasteiger partial charge in [0.2, 0.25) is 0 Å². The fraction of sp³-hybridized carbons (Fsp3) is 0.353. The second kappa shape index (κ2) is 6.53. The molecule has 3 aromatic rings. The predicted octanol–water partition coefficient (Wildman–Crippen LogP) is 2.86. The molecule has 1 aromatic carbocycles. The summed E-state index contributed by atoms with van der Waals surface area (Å²) in [5.41, 5.74) is -1.31. The van der Waals surface area contributed by atoms with Gasteiger partial charge in [0.15, 0.2) is 5.03 Å². The lowest BCUT2D eigenvalue weighted by Gasteiger charge is -2.21. The maximum atomic E-state index is 12.4. The van der Waals surface area contributed by atoms with Crippen LogP contribution in [0.2, 0.25) is 0 Å². The molecule has 3 rings (SSSR count).